The van der Waals surface area contributed by atoms with Crippen LogP contribution in [0.5, 0.6) is 5.75 Å². The number of hydrogen-bond donors (Lipinski definition) is 2. The van der Waals surface area contributed by atoms with E-state index in [1.54, 1.807) is 18.5 Å². The second kappa shape index (κ2) is 8.67. The lowest BCUT2D eigenvalue weighted by atomic mass is 10.3. The van der Waals surface area contributed by atoms with E-state index in [2.05, 4.69) is 25.3 Å². The standard InChI is InChI=1S/C15H17O2PS4/c1-16-12-2-4-13(5-3-12)18(21,17-10-11-19)22-15-8-6-14(20)7-9-15/h2-9,19-20H,10-11H2,1H3. The normalized spacial score (nSPS) is 13.6. The van der Waals surface area contributed by atoms with Gasteiger partial charge in [-0.25, -0.2) is 0 Å². The van der Waals surface area contributed by atoms with Crippen molar-refractivity contribution in [2.75, 3.05) is 19.5 Å². The highest BCUT2D eigenvalue weighted by molar-refractivity contribution is 8.71. The minimum Gasteiger partial charge on any atom is -0.497 e. The third-order valence-electron chi connectivity index (χ3n) is 2.80. The first-order chi connectivity index (χ1) is 10.6. The lowest BCUT2D eigenvalue weighted by molar-refractivity contribution is 0.394. The summed E-state index contributed by atoms with van der Waals surface area (Å²) in [4.78, 5) is 2.01. The van der Waals surface area contributed by atoms with Crippen molar-refractivity contribution in [3.05, 3.63) is 48.5 Å². The van der Waals surface area contributed by atoms with Gasteiger partial charge >= 0.3 is 0 Å². The molecule has 0 aromatic heterocycles. The average molecular weight is 389 g/mol. The molecule has 118 valence electrons. The van der Waals surface area contributed by atoms with Gasteiger partial charge < -0.3 is 9.26 Å². The molecule has 2 nitrogen and oxygen atoms in total. The highest BCUT2D eigenvalue weighted by atomic mass is 32.9. The summed E-state index contributed by atoms with van der Waals surface area (Å²) in [7, 11) is 1.65. The molecular weight excluding hydrogens is 371 g/mol. The van der Waals surface area contributed by atoms with Crippen LogP contribution in [0, 0.1) is 0 Å². The Morgan fingerprint density at radius 3 is 2.27 bits per heavy atom. The number of ether oxygens (including phenoxy) is 1. The summed E-state index contributed by atoms with van der Waals surface area (Å²) in [6.45, 7) is 0.532. The molecule has 0 aliphatic heterocycles. The SMILES string of the molecule is COc1ccc(P(=S)(OCCS)Sc2ccc(S)cc2)cc1. The summed E-state index contributed by atoms with van der Waals surface area (Å²) < 4.78 is 11.2. The summed E-state index contributed by atoms with van der Waals surface area (Å²) in [6.07, 6.45) is 0. The van der Waals surface area contributed by atoms with Gasteiger partial charge in [0.15, 0.2) is 5.47 Å². The molecule has 0 heterocycles. The highest BCUT2D eigenvalue weighted by Crippen LogP contribution is 2.62. The van der Waals surface area contributed by atoms with Crippen LogP contribution < -0.4 is 10.0 Å². The Morgan fingerprint density at radius 1 is 1.09 bits per heavy atom. The first kappa shape index (κ1) is 18.2. The molecule has 1 atom stereocenters. The Kier molecular flexibility index (Phi) is 7.19. The van der Waals surface area contributed by atoms with Gasteiger partial charge in [-0.3, -0.25) is 0 Å². The van der Waals surface area contributed by atoms with E-state index in [1.807, 2.05) is 48.5 Å². The lowest BCUT2D eigenvalue weighted by Gasteiger charge is -2.22. The summed E-state index contributed by atoms with van der Waals surface area (Å²) in [6, 6.07) is 15.7. The summed E-state index contributed by atoms with van der Waals surface area (Å²) in [5, 5.41) is 1.02. The van der Waals surface area contributed by atoms with E-state index < -0.39 is 5.47 Å². The van der Waals surface area contributed by atoms with E-state index in [1.165, 1.54) is 0 Å². The smallest absolute Gasteiger partial charge is 0.153 e. The first-order valence-corrected chi connectivity index (χ1v) is 11.8. The van der Waals surface area contributed by atoms with Gasteiger partial charge in [-0.2, -0.15) is 12.6 Å². The minimum atomic E-state index is -2.23. The summed E-state index contributed by atoms with van der Waals surface area (Å²) >= 11 is 16.0. The summed E-state index contributed by atoms with van der Waals surface area (Å²) in [5.74, 6) is 1.45. The molecule has 0 aliphatic rings. The molecule has 0 N–H and O–H groups in total. The molecule has 0 spiro atoms. The number of benzene rings is 2. The molecule has 1 unspecified atom stereocenters. The van der Waals surface area contributed by atoms with E-state index in [0.29, 0.717) is 12.4 Å². The largest absolute Gasteiger partial charge is 0.497 e. The molecule has 0 radical (unpaired) electrons. The van der Waals surface area contributed by atoms with E-state index in [9.17, 15) is 0 Å². The van der Waals surface area contributed by atoms with Gasteiger partial charge in [-0.15, -0.1) is 12.6 Å². The molecule has 22 heavy (non-hydrogen) atoms. The Morgan fingerprint density at radius 2 is 1.73 bits per heavy atom. The molecule has 2 aromatic rings. The molecule has 0 aliphatic carbocycles. The molecule has 7 heteroatoms. The van der Waals surface area contributed by atoms with E-state index in [0.717, 1.165) is 20.8 Å². The van der Waals surface area contributed by atoms with Crippen LogP contribution in [0.3, 0.4) is 0 Å². The van der Waals surface area contributed by atoms with E-state index >= 15 is 0 Å². The molecular formula is C15H17O2PS4. The minimum absolute atomic E-state index is 0.532. The van der Waals surface area contributed by atoms with Gasteiger partial charge in [0, 0.05) is 20.8 Å². The van der Waals surface area contributed by atoms with Gasteiger partial charge in [0.2, 0.25) is 0 Å². The predicted molar refractivity (Wildman–Crippen MR) is 106 cm³/mol. The zero-order valence-electron chi connectivity index (χ0n) is 12.0. The van der Waals surface area contributed by atoms with Crippen LogP contribution in [0.15, 0.2) is 58.3 Å². The number of hydrogen-bond acceptors (Lipinski definition) is 6. The van der Waals surface area contributed by atoms with E-state index in [-0.39, 0.29) is 0 Å². The maximum Gasteiger partial charge on any atom is 0.153 e. The van der Waals surface area contributed by atoms with Crippen LogP contribution >= 0.6 is 42.1 Å². The van der Waals surface area contributed by atoms with Crippen molar-refractivity contribution >= 4 is 59.2 Å². The van der Waals surface area contributed by atoms with Gasteiger partial charge in [0.25, 0.3) is 0 Å². The molecule has 2 aromatic carbocycles. The third kappa shape index (κ3) is 4.95. The van der Waals surface area contributed by atoms with Gasteiger partial charge in [0.1, 0.15) is 5.75 Å². The molecule has 0 saturated heterocycles. The van der Waals surface area contributed by atoms with Gasteiger partial charge in [0.05, 0.1) is 13.7 Å². The predicted octanol–water partition coefficient (Wildman–Crippen LogP) is 4.66. The zero-order chi connectivity index (χ0) is 16.0. The highest BCUT2D eigenvalue weighted by Gasteiger charge is 2.22. The van der Waals surface area contributed by atoms with E-state index in [4.69, 9.17) is 21.1 Å². The Hall–Kier alpha value is -0.100. The van der Waals surface area contributed by atoms with Crippen molar-refractivity contribution in [2.24, 2.45) is 0 Å². The van der Waals surface area contributed by atoms with Crippen LogP contribution in [0.2, 0.25) is 0 Å². The summed E-state index contributed by atoms with van der Waals surface area (Å²) in [5.41, 5.74) is -2.23. The fourth-order valence-corrected chi connectivity index (χ4v) is 7.42. The maximum absolute atomic E-state index is 6.03. The maximum atomic E-state index is 6.03. The lowest BCUT2D eigenvalue weighted by Crippen LogP contribution is -2.06. The second-order valence-corrected chi connectivity index (χ2v) is 12.1. The van der Waals surface area contributed by atoms with Crippen molar-refractivity contribution in [1.29, 1.82) is 0 Å². The van der Waals surface area contributed by atoms with Crippen LogP contribution in [-0.4, -0.2) is 19.5 Å². The topological polar surface area (TPSA) is 18.5 Å². The van der Waals surface area contributed by atoms with Crippen LogP contribution in [0.1, 0.15) is 0 Å². The number of rotatable bonds is 7. The molecule has 0 saturated carbocycles. The van der Waals surface area contributed by atoms with Gasteiger partial charge in [-0.1, -0.05) is 23.2 Å². The number of thiol groups is 2. The molecule has 0 amide bonds. The van der Waals surface area contributed by atoms with Crippen molar-refractivity contribution in [3.8, 4) is 5.75 Å². The van der Waals surface area contributed by atoms with Crippen LogP contribution in [0.4, 0.5) is 0 Å². The van der Waals surface area contributed by atoms with Gasteiger partial charge in [-0.05, 0) is 48.5 Å². The zero-order valence-corrected chi connectivity index (χ0v) is 16.3. The van der Waals surface area contributed by atoms with Crippen LogP contribution in [-0.2, 0) is 16.3 Å². The molecule has 0 fully saturated rings. The van der Waals surface area contributed by atoms with Crippen molar-refractivity contribution in [2.45, 2.75) is 9.79 Å². The Bertz CT molecular complexity index is 644. The fraction of sp³-hybridized carbons (Fsp3) is 0.200. The Labute approximate surface area is 151 Å². The third-order valence-corrected chi connectivity index (χ3v) is 9.38. The molecule has 0 bridgehead atoms. The van der Waals surface area contributed by atoms with Crippen LogP contribution in [0.25, 0.3) is 0 Å². The average Bonchev–Trinajstić information content (AvgIpc) is 2.55. The van der Waals surface area contributed by atoms with Crippen molar-refractivity contribution in [3.63, 3.8) is 0 Å². The Balaban J connectivity index is 2.29. The molecule has 2 rings (SSSR count). The second-order valence-electron chi connectivity index (χ2n) is 4.34. The fourth-order valence-electron chi connectivity index (χ4n) is 1.73. The number of methoxy groups -OCH3 is 1. The first-order valence-electron chi connectivity index (χ1n) is 6.56. The van der Waals surface area contributed by atoms with Crippen molar-refractivity contribution < 1.29 is 9.26 Å². The monoisotopic (exact) mass is 388 g/mol. The van der Waals surface area contributed by atoms with Crippen molar-refractivity contribution in [1.82, 2.24) is 0 Å². The quantitative estimate of drug-likeness (QED) is 0.531.